The van der Waals surface area contributed by atoms with Crippen LogP contribution in [0.4, 0.5) is 10.1 Å². The predicted molar refractivity (Wildman–Crippen MR) is 113 cm³/mol. The summed E-state index contributed by atoms with van der Waals surface area (Å²) in [6.45, 7) is 3.34. The van der Waals surface area contributed by atoms with Gasteiger partial charge in [0, 0.05) is 0 Å². The van der Waals surface area contributed by atoms with Gasteiger partial charge in [-0.05, 0) is 42.0 Å². The molecule has 0 unspecified atom stereocenters. The number of anilines is 1. The Morgan fingerprint density at radius 3 is 2.67 bits per heavy atom. The zero-order valence-corrected chi connectivity index (χ0v) is 17.4. The first kappa shape index (κ1) is 22.9. The Labute approximate surface area is 174 Å². The molecule has 2 rings (SSSR count). The van der Waals surface area contributed by atoms with E-state index in [0.717, 1.165) is 16.6 Å². The third-order valence-corrected chi connectivity index (χ3v) is 4.87. The maximum absolute atomic E-state index is 13.4. The molecule has 10 heteroatoms. The number of rotatable bonds is 10. The number of carbonyl (C=O) groups excluding carboxylic acids is 1. The van der Waals surface area contributed by atoms with E-state index < -0.39 is 28.3 Å². The van der Waals surface area contributed by atoms with Crippen molar-refractivity contribution in [2.45, 2.75) is 0 Å². The van der Waals surface area contributed by atoms with Crippen LogP contribution in [0.1, 0.15) is 5.56 Å². The van der Waals surface area contributed by atoms with E-state index in [1.807, 2.05) is 0 Å². The number of methoxy groups -OCH3 is 1. The maximum atomic E-state index is 13.4. The molecule has 1 amide bonds. The zero-order chi connectivity index (χ0) is 22.1. The summed E-state index contributed by atoms with van der Waals surface area (Å²) in [5.74, 6) is -0.313. The average Bonchev–Trinajstić information content (AvgIpc) is 2.70. The second-order valence-electron chi connectivity index (χ2n) is 6.05. The van der Waals surface area contributed by atoms with Gasteiger partial charge in [0.15, 0.2) is 11.5 Å². The fraction of sp³-hybridized carbons (Fsp3) is 0.200. The monoisotopic (exact) mass is 435 g/mol. The highest BCUT2D eigenvalue weighted by Crippen LogP contribution is 2.27. The second-order valence-corrected chi connectivity index (χ2v) is 7.96. The van der Waals surface area contributed by atoms with Gasteiger partial charge in [-0.15, -0.1) is 0 Å². The molecule has 0 aliphatic rings. The Balaban J connectivity index is 2.06. The highest BCUT2D eigenvalue weighted by Gasteiger charge is 2.21. The SMILES string of the molecule is C=CCOc1ccc(/C=N\NC(=O)CN(c2cccc(F)c2)S(C)(=O)=O)cc1OC. The summed E-state index contributed by atoms with van der Waals surface area (Å²) in [4.78, 5) is 12.2. The zero-order valence-electron chi connectivity index (χ0n) is 16.5. The summed E-state index contributed by atoms with van der Waals surface area (Å²) < 4.78 is 48.9. The van der Waals surface area contributed by atoms with Crippen molar-refractivity contribution in [2.24, 2.45) is 5.10 Å². The van der Waals surface area contributed by atoms with Crippen molar-refractivity contribution in [3.63, 3.8) is 0 Å². The van der Waals surface area contributed by atoms with Gasteiger partial charge in [-0.1, -0.05) is 18.7 Å². The average molecular weight is 435 g/mol. The molecular formula is C20H22FN3O5S. The first-order valence-corrected chi connectivity index (χ1v) is 10.6. The number of ether oxygens (including phenoxy) is 2. The van der Waals surface area contributed by atoms with E-state index in [9.17, 15) is 17.6 Å². The summed E-state index contributed by atoms with van der Waals surface area (Å²) >= 11 is 0. The number of hydrogen-bond acceptors (Lipinski definition) is 6. The molecule has 1 N–H and O–H groups in total. The molecule has 0 saturated heterocycles. The number of hydrogen-bond donors (Lipinski definition) is 1. The number of benzene rings is 2. The molecule has 0 saturated carbocycles. The first-order valence-electron chi connectivity index (χ1n) is 8.71. The lowest BCUT2D eigenvalue weighted by Crippen LogP contribution is -2.39. The van der Waals surface area contributed by atoms with Crippen molar-refractivity contribution in [3.05, 3.63) is 66.5 Å². The molecule has 0 bridgehead atoms. The van der Waals surface area contributed by atoms with Crippen LogP contribution in [0.2, 0.25) is 0 Å². The highest BCUT2D eigenvalue weighted by atomic mass is 32.2. The van der Waals surface area contributed by atoms with Crippen LogP contribution in [0.5, 0.6) is 11.5 Å². The minimum absolute atomic E-state index is 0.0384. The number of amides is 1. The number of carbonyl (C=O) groups is 1. The van der Waals surface area contributed by atoms with Crippen molar-refractivity contribution in [1.82, 2.24) is 5.43 Å². The van der Waals surface area contributed by atoms with Crippen molar-refractivity contribution >= 4 is 27.8 Å². The summed E-state index contributed by atoms with van der Waals surface area (Å²) in [6.07, 6.45) is 3.90. The van der Waals surface area contributed by atoms with Crippen molar-refractivity contribution in [1.29, 1.82) is 0 Å². The molecule has 0 fully saturated rings. The summed E-state index contributed by atoms with van der Waals surface area (Å²) in [7, 11) is -2.32. The van der Waals surface area contributed by atoms with Crippen LogP contribution in [-0.4, -0.2) is 47.1 Å². The Bertz CT molecular complexity index is 1040. The van der Waals surface area contributed by atoms with Gasteiger partial charge in [0.05, 0.1) is 25.3 Å². The highest BCUT2D eigenvalue weighted by molar-refractivity contribution is 7.92. The summed E-state index contributed by atoms with van der Waals surface area (Å²) in [6, 6.07) is 9.99. The topological polar surface area (TPSA) is 97.3 Å². The Hall–Kier alpha value is -3.40. The third-order valence-electron chi connectivity index (χ3n) is 3.73. The molecule has 0 aliphatic heterocycles. The molecule has 0 atom stereocenters. The lowest BCUT2D eigenvalue weighted by atomic mass is 10.2. The van der Waals surface area contributed by atoms with Gasteiger partial charge in [-0.25, -0.2) is 18.2 Å². The largest absolute Gasteiger partial charge is 0.493 e. The predicted octanol–water partition coefficient (Wildman–Crippen LogP) is 2.32. The Kier molecular flexibility index (Phi) is 7.93. The molecule has 2 aromatic rings. The van der Waals surface area contributed by atoms with E-state index in [0.29, 0.717) is 23.7 Å². The fourth-order valence-electron chi connectivity index (χ4n) is 2.41. The number of nitrogens with zero attached hydrogens (tertiary/aromatic N) is 2. The third kappa shape index (κ3) is 6.59. The molecule has 0 heterocycles. The summed E-state index contributed by atoms with van der Waals surface area (Å²) in [5.41, 5.74) is 2.90. The minimum Gasteiger partial charge on any atom is -0.493 e. The Morgan fingerprint density at radius 2 is 2.03 bits per heavy atom. The van der Waals surface area contributed by atoms with Crippen LogP contribution in [0.25, 0.3) is 0 Å². The molecule has 0 radical (unpaired) electrons. The van der Waals surface area contributed by atoms with Gasteiger partial charge < -0.3 is 9.47 Å². The Morgan fingerprint density at radius 1 is 1.27 bits per heavy atom. The molecule has 30 heavy (non-hydrogen) atoms. The van der Waals surface area contributed by atoms with Gasteiger partial charge in [0.25, 0.3) is 5.91 Å². The van der Waals surface area contributed by atoms with Gasteiger partial charge in [-0.3, -0.25) is 9.10 Å². The standard InChI is InChI=1S/C20H22FN3O5S/c1-4-10-29-18-9-8-15(11-19(18)28-2)13-22-23-20(25)14-24(30(3,26)27)17-7-5-6-16(21)12-17/h4-9,11-13H,1,10,14H2,2-3H3,(H,23,25)/b22-13-. The van der Waals surface area contributed by atoms with Crippen LogP contribution < -0.4 is 19.2 Å². The van der Waals surface area contributed by atoms with Crippen LogP contribution in [-0.2, 0) is 14.8 Å². The van der Waals surface area contributed by atoms with Crippen molar-refractivity contribution in [3.8, 4) is 11.5 Å². The van der Waals surface area contributed by atoms with Gasteiger partial charge >= 0.3 is 0 Å². The maximum Gasteiger partial charge on any atom is 0.260 e. The molecule has 0 spiro atoms. The normalized spacial score (nSPS) is 11.2. The van der Waals surface area contributed by atoms with E-state index in [-0.39, 0.29) is 5.69 Å². The van der Waals surface area contributed by atoms with E-state index in [4.69, 9.17) is 9.47 Å². The van der Waals surface area contributed by atoms with Crippen LogP contribution >= 0.6 is 0 Å². The summed E-state index contributed by atoms with van der Waals surface area (Å²) in [5, 5.41) is 3.82. The molecule has 160 valence electrons. The fourth-order valence-corrected chi connectivity index (χ4v) is 3.26. The van der Waals surface area contributed by atoms with Crippen LogP contribution in [0.15, 0.2) is 60.2 Å². The van der Waals surface area contributed by atoms with E-state index >= 15 is 0 Å². The molecule has 2 aromatic carbocycles. The lowest BCUT2D eigenvalue weighted by Gasteiger charge is -2.21. The van der Waals surface area contributed by atoms with Gasteiger partial charge in [0.1, 0.15) is 19.0 Å². The molecule has 0 aromatic heterocycles. The quantitative estimate of drug-likeness (QED) is 0.351. The van der Waals surface area contributed by atoms with E-state index in [2.05, 4.69) is 17.1 Å². The molecule has 0 aliphatic carbocycles. The number of sulfonamides is 1. The van der Waals surface area contributed by atoms with Gasteiger partial charge in [-0.2, -0.15) is 5.10 Å². The van der Waals surface area contributed by atoms with Crippen LogP contribution in [0.3, 0.4) is 0 Å². The smallest absolute Gasteiger partial charge is 0.260 e. The number of halogens is 1. The van der Waals surface area contributed by atoms with E-state index in [1.54, 1.807) is 24.3 Å². The number of hydrazone groups is 1. The first-order chi connectivity index (χ1) is 14.2. The van der Waals surface area contributed by atoms with E-state index in [1.165, 1.54) is 31.5 Å². The van der Waals surface area contributed by atoms with Crippen molar-refractivity contribution < 1.29 is 27.1 Å². The lowest BCUT2D eigenvalue weighted by molar-refractivity contribution is -0.119. The number of nitrogens with one attached hydrogen (secondary N) is 1. The van der Waals surface area contributed by atoms with Crippen molar-refractivity contribution in [2.75, 3.05) is 30.8 Å². The van der Waals surface area contributed by atoms with Gasteiger partial charge in [0.2, 0.25) is 10.0 Å². The molecular weight excluding hydrogens is 413 g/mol. The minimum atomic E-state index is -3.81. The second kappa shape index (κ2) is 10.4. The van der Waals surface area contributed by atoms with Crippen LogP contribution in [0, 0.1) is 5.82 Å². The molecule has 8 nitrogen and oxygen atoms in total.